The largest absolute Gasteiger partial charge is 0.490 e. The SMILES string of the molecule is Cc1c(Cl)c2c(Cl)c(C)c1-c1c(-c3ccc(F)cc3)sc3ncnc(c13)O[C@@H](C(=O)O)Cc1cc(ccc1OCc1ccnc([C@H]3CC[C@H](OOCC[C@@H]4COCCO4)CC3)n1)OC[C@@H](CN1CCN(C)CC1)O2. The first kappa shape index (κ1) is 52.2. The van der Waals surface area contributed by atoms with E-state index in [0.29, 0.717) is 121 Å². The van der Waals surface area contributed by atoms with Crippen molar-refractivity contribution in [3.05, 3.63) is 105 Å². The molecule has 5 aliphatic rings. The van der Waals surface area contributed by atoms with Gasteiger partial charge in [-0.25, -0.2) is 38.9 Å². The Hall–Kier alpha value is -5.28. The minimum absolute atomic E-state index is 0.0132. The van der Waals surface area contributed by atoms with Gasteiger partial charge in [0.2, 0.25) is 12.0 Å². The van der Waals surface area contributed by atoms with Crippen LogP contribution in [0.2, 0.25) is 10.0 Å². The molecule has 3 atom stereocenters. The first-order valence-electron chi connectivity index (χ1n) is 25.1. The number of likely N-dealkylation sites (N-methyl/N-ethyl adjacent to an activating group) is 1. The second kappa shape index (κ2) is 23.7. The minimum Gasteiger partial charge on any atom is -0.490 e. The quantitative estimate of drug-likeness (QED) is 0.0658. The van der Waals surface area contributed by atoms with Crippen molar-refractivity contribution in [3.8, 4) is 44.7 Å². The first-order valence-corrected chi connectivity index (χ1v) is 26.7. The number of aromatic nitrogens is 4. The van der Waals surface area contributed by atoms with Crippen molar-refractivity contribution in [2.45, 2.75) is 89.3 Å². The number of carbonyl (C=O) groups is 1. The van der Waals surface area contributed by atoms with Gasteiger partial charge in [0.25, 0.3) is 0 Å². The van der Waals surface area contributed by atoms with Gasteiger partial charge in [-0.15, -0.1) is 11.3 Å². The molecule has 74 heavy (non-hydrogen) atoms. The van der Waals surface area contributed by atoms with E-state index in [9.17, 15) is 14.3 Å². The number of ether oxygens (including phenoxy) is 6. The summed E-state index contributed by atoms with van der Waals surface area (Å²) in [7, 11) is 2.11. The van der Waals surface area contributed by atoms with Crippen LogP contribution in [0.15, 0.2) is 61.1 Å². The number of benzene rings is 3. The summed E-state index contributed by atoms with van der Waals surface area (Å²) in [5.74, 6) is 0.463. The monoisotopic (exact) mass is 1070 g/mol. The lowest BCUT2D eigenvalue weighted by molar-refractivity contribution is -0.331. The van der Waals surface area contributed by atoms with E-state index < -0.39 is 24.0 Å². The molecule has 4 bridgehead atoms. The Kier molecular flexibility index (Phi) is 16.7. The van der Waals surface area contributed by atoms with Crippen molar-refractivity contribution < 1.29 is 52.5 Å². The third kappa shape index (κ3) is 12.0. The lowest BCUT2D eigenvalue weighted by Crippen LogP contribution is -2.49. The lowest BCUT2D eigenvalue weighted by atomic mass is 9.87. The highest BCUT2D eigenvalue weighted by Gasteiger charge is 2.33. The molecule has 16 nitrogen and oxygen atoms in total. The van der Waals surface area contributed by atoms with Crippen LogP contribution >= 0.6 is 34.5 Å². The standard InChI is InChI=1S/C54H59Cl2FN6O10S/c1-31-44-32(2)48(56)49(47(31)55)71-41(26-63-19-17-62(3)18-20-63)29-68-39-12-13-42(69-27-37-14-16-58-51(61-37)34-6-10-38(11-7-34)73-70-21-15-40-28-66-22-23-67-40)35(24-39)25-43(54(64)65)72-52-46-45(44)50(74-53(46)60-30-59-52)33-4-8-36(57)9-5-33/h4-5,8-9,12-14,16,24,30,34,38,40-41,43H,6-7,10-11,15,17-23,25-29H2,1-3H3,(H,64,65)/t34-,38-,40-,41-,43-/m1/s1. The molecular formula is C54H59Cl2FN6O10S. The summed E-state index contributed by atoms with van der Waals surface area (Å²) in [6.45, 7) is 10.2. The zero-order chi connectivity index (χ0) is 51.3. The van der Waals surface area contributed by atoms with Gasteiger partial charge in [-0.05, 0) is 105 Å². The van der Waals surface area contributed by atoms with Crippen molar-refractivity contribution >= 4 is 50.7 Å². The second-order valence-corrected chi connectivity index (χ2v) is 21.0. The molecule has 392 valence electrons. The summed E-state index contributed by atoms with van der Waals surface area (Å²) in [5, 5.41) is 12.0. The number of nitrogens with zero attached hydrogens (tertiary/aromatic N) is 6. The number of rotatable bonds is 13. The van der Waals surface area contributed by atoms with E-state index in [4.69, 9.17) is 66.4 Å². The van der Waals surface area contributed by atoms with Gasteiger partial charge in [-0.3, -0.25) is 4.90 Å². The molecule has 4 aliphatic heterocycles. The third-order valence-corrected chi connectivity index (χ3v) is 16.2. The average molecular weight is 1070 g/mol. The van der Waals surface area contributed by atoms with Crippen molar-refractivity contribution in [1.82, 2.24) is 29.7 Å². The molecular weight excluding hydrogens is 1010 g/mol. The summed E-state index contributed by atoms with van der Waals surface area (Å²) in [4.78, 5) is 49.4. The van der Waals surface area contributed by atoms with E-state index in [1.165, 1.54) is 29.8 Å². The second-order valence-electron chi connectivity index (χ2n) is 19.3. The summed E-state index contributed by atoms with van der Waals surface area (Å²) in [6, 6.07) is 13.3. The van der Waals surface area contributed by atoms with E-state index in [2.05, 4.69) is 31.8 Å². The predicted octanol–water partition coefficient (Wildman–Crippen LogP) is 9.70. The molecule has 0 radical (unpaired) electrons. The first-order chi connectivity index (χ1) is 35.9. The number of halogens is 3. The number of carboxylic acids is 1. The number of carboxylic acid groups (broad SMARTS) is 1. The number of thiophene rings is 1. The average Bonchev–Trinajstić information content (AvgIpc) is 3.80. The third-order valence-electron chi connectivity index (χ3n) is 14.1. The van der Waals surface area contributed by atoms with Gasteiger partial charge in [0.15, 0.2) is 5.75 Å². The van der Waals surface area contributed by atoms with Crippen LogP contribution in [0.5, 0.6) is 23.1 Å². The van der Waals surface area contributed by atoms with E-state index >= 15 is 0 Å². The van der Waals surface area contributed by atoms with Gasteiger partial charge < -0.3 is 38.4 Å². The number of piperazine rings is 1. The van der Waals surface area contributed by atoms with Crippen molar-refractivity contribution in [3.63, 3.8) is 0 Å². The fourth-order valence-corrected chi connectivity index (χ4v) is 11.7. The predicted molar refractivity (Wildman–Crippen MR) is 277 cm³/mol. The van der Waals surface area contributed by atoms with Crippen molar-refractivity contribution in [2.75, 3.05) is 72.8 Å². The summed E-state index contributed by atoms with van der Waals surface area (Å²) < 4.78 is 52.0. The minimum atomic E-state index is -1.47. The Labute approximate surface area is 442 Å². The van der Waals surface area contributed by atoms with Crippen LogP contribution in [0.3, 0.4) is 0 Å². The fourth-order valence-electron chi connectivity index (χ4n) is 10.00. The molecule has 3 aromatic carbocycles. The Morgan fingerprint density at radius 2 is 1.69 bits per heavy atom. The van der Waals surface area contributed by atoms with Crippen LogP contribution in [-0.2, 0) is 37.1 Å². The Bertz CT molecular complexity index is 2900. The van der Waals surface area contributed by atoms with Crippen molar-refractivity contribution in [1.29, 1.82) is 0 Å². The molecule has 1 N–H and O–H groups in total. The Balaban J connectivity index is 0.951. The Morgan fingerprint density at radius 3 is 2.43 bits per heavy atom. The number of hydrogen-bond acceptors (Lipinski definition) is 16. The lowest BCUT2D eigenvalue weighted by Gasteiger charge is -2.35. The van der Waals surface area contributed by atoms with Crippen LogP contribution in [0.25, 0.3) is 31.8 Å². The topological polar surface area (TPSA) is 169 Å². The summed E-state index contributed by atoms with van der Waals surface area (Å²) in [5.41, 5.74) is 4.45. The maximum atomic E-state index is 14.4. The van der Waals surface area contributed by atoms with E-state index in [0.717, 1.165) is 57.7 Å². The Morgan fingerprint density at radius 1 is 0.905 bits per heavy atom. The van der Waals surface area contributed by atoms with Crippen LogP contribution in [0, 0.1) is 19.7 Å². The normalized spacial score (nSPS) is 21.9. The smallest absolute Gasteiger partial charge is 0.345 e. The fraction of sp³-hybridized carbons (Fsp3) is 0.463. The molecule has 0 unspecified atom stereocenters. The van der Waals surface area contributed by atoms with Crippen LogP contribution < -0.4 is 18.9 Å². The molecule has 3 fully saturated rings. The molecule has 20 heteroatoms. The molecule has 6 aromatic rings. The molecule has 1 aliphatic carbocycles. The van der Waals surface area contributed by atoms with Gasteiger partial charge in [0.05, 0.1) is 59.8 Å². The van der Waals surface area contributed by atoms with E-state index in [-0.39, 0.29) is 43.6 Å². The number of fused-ring (bicyclic) bond motifs is 7. The maximum absolute atomic E-state index is 14.4. The molecule has 3 aromatic heterocycles. The van der Waals surface area contributed by atoms with Crippen LogP contribution in [0.1, 0.15) is 66.2 Å². The number of hydrogen-bond donors (Lipinski definition) is 1. The van der Waals surface area contributed by atoms with Crippen LogP contribution in [-0.4, -0.2) is 138 Å². The van der Waals surface area contributed by atoms with E-state index in [1.807, 2.05) is 19.9 Å². The highest BCUT2D eigenvalue weighted by molar-refractivity contribution is 7.22. The van der Waals surface area contributed by atoms with Crippen molar-refractivity contribution in [2.24, 2.45) is 0 Å². The summed E-state index contributed by atoms with van der Waals surface area (Å²) >= 11 is 16.0. The zero-order valence-electron chi connectivity index (χ0n) is 41.5. The molecule has 7 heterocycles. The van der Waals surface area contributed by atoms with Gasteiger partial charge in [-0.2, -0.15) is 0 Å². The highest BCUT2D eigenvalue weighted by atomic mass is 35.5. The molecule has 1 saturated carbocycles. The molecule has 0 spiro atoms. The molecule has 2 saturated heterocycles. The summed E-state index contributed by atoms with van der Waals surface area (Å²) in [6.07, 6.45) is 4.96. The molecule has 0 amide bonds. The van der Waals surface area contributed by atoms with Gasteiger partial charge >= 0.3 is 5.97 Å². The molecule has 11 rings (SSSR count). The number of aliphatic carboxylic acids is 1. The van der Waals surface area contributed by atoms with Gasteiger partial charge in [0, 0.05) is 73.7 Å². The highest BCUT2D eigenvalue weighted by Crippen LogP contribution is 2.53. The van der Waals surface area contributed by atoms with Gasteiger partial charge in [0.1, 0.15) is 53.6 Å². The van der Waals surface area contributed by atoms with Gasteiger partial charge in [-0.1, -0.05) is 35.3 Å². The zero-order valence-corrected chi connectivity index (χ0v) is 43.9. The maximum Gasteiger partial charge on any atom is 0.345 e. The van der Waals surface area contributed by atoms with Crippen LogP contribution in [0.4, 0.5) is 4.39 Å². The van der Waals surface area contributed by atoms with E-state index in [1.54, 1.807) is 36.5 Å².